The highest BCUT2D eigenvalue weighted by molar-refractivity contribution is 5.95. The summed E-state index contributed by atoms with van der Waals surface area (Å²) in [6, 6.07) is 4.23. The molecule has 1 amide bonds. The average molecular weight is 278 g/mol. The Balaban J connectivity index is 2.17. The van der Waals surface area contributed by atoms with Gasteiger partial charge in [0.05, 0.1) is 4.92 Å². The minimum atomic E-state index is -0.474. The molecule has 1 unspecified atom stereocenters. The maximum absolute atomic E-state index is 11.6. The number of rotatable bonds is 6. The third-order valence-electron chi connectivity index (χ3n) is 3.44. The van der Waals surface area contributed by atoms with Gasteiger partial charge in [-0.3, -0.25) is 14.9 Å². The summed E-state index contributed by atoms with van der Waals surface area (Å²) in [6.45, 7) is 0.461. The van der Waals surface area contributed by atoms with Crippen LogP contribution in [0.25, 0.3) is 0 Å². The van der Waals surface area contributed by atoms with Crippen molar-refractivity contribution in [1.29, 1.82) is 0 Å². The van der Waals surface area contributed by atoms with E-state index in [-0.39, 0.29) is 17.6 Å². The molecule has 0 aromatic heterocycles. The minimum Gasteiger partial charge on any atom is -0.378 e. The summed E-state index contributed by atoms with van der Waals surface area (Å²) in [4.78, 5) is 22.1. The summed E-state index contributed by atoms with van der Waals surface area (Å²) in [6.07, 6.45) is 2.23. The van der Waals surface area contributed by atoms with Crippen LogP contribution in [-0.4, -0.2) is 30.5 Å². The van der Waals surface area contributed by atoms with Crippen LogP contribution in [0.15, 0.2) is 18.2 Å². The highest BCUT2D eigenvalue weighted by Gasteiger charge is 2.28. The Bertz CT molecular complexity index is 528. The average Bonchev–Trinajstić information content (AvgIpc) is 3.27. The summed E-state index contributed by atoms with van der Waals surface area (Å²) in [7, 11) is 1.51. The fourth-order valence-corrected chi connectivity index (χ4v) is 2.04. The van der Waals surface area contributed by atoms with E-state index in [1.807, 2.05) is 0 Å². The molecule has 1 atom stereocenters. The smallest absolute Gasteiger partial charge is 0.292 e. The fourth-order valence-electron chi connectivity index (χ4n) is 2.04. The van der Waals surface area contributed by atoms with Crippen molar-refractivity contribution in [3.05, 3.63) is 33.9 Å². The number of anilines is 1. The molecule has 7 nitrogen and oxygen atoms in total. The fraction of sp³-hybridized carbons (Fsp3) is 0.462. The molecule has 0 saturated heterocycles. The number of nitrogens with one attached hydrogen (secondary N) is 2. The molecule has 108 valence electrons. The lowest BCUT2D eigenvalue weighted by atomic mass is 10.1. The van der Waals surface area contributed by atoms with E-state index in [0.29, 0.717) is 23.7 Å². The second-order valence-corrected chi connectivity index (χ2v) is 4.95. The van der Waals surface area contributed by atoms with Gasteiger partial charge in [0.1, 0.15) is 5.69 Å². The van der Waals surface area contributed by atoms with Crippen molar-refractivity contribution in [3.63, 3.8) is 0 Å². The van der Waals surface area contributed by atoms with Gasteiger partial charge in [0.15, 0.2) is 0 Å². The van der Waals surface area contributed by atoms with Crippen LogP contribution in [0.2, 0.25) is 0 Å². The molecular formula is C13H18N4O3. The van der Waals surface area contributed by atoms with Crippen molar-refractivity contribution in [2.24, 2.45) is 11.7 Å². The lowest BCUT2D eigenvalue weighted by Crippen LogP contribution is -2.31. The van der Waals surface area contributed by atoms with Crippen LogP contribution in [0.5, 0.6) is 0 Å². The van der Waals surface area contributed by atoms with Crippen LogP contribution < -0.4 is 16.4 Å². The molecule has 4 N–H and O–H groups in total. The molecule has 1 aliphatic carbocycles. The first-order valence-electron chi connectivity index (χ1n) is 6.53. The highest BCUT2D eigenvalue weighted by Crippen LogP contribution is 2.32. The number of nitro benzene ring substituents is 1. The molecule has 0 heterocycles. The molecule has 0 radical (unpaired) electrons. The number of nitrogens with zero attached hydrogens (tertiary/aromatic N) is 1. The van der Waals surface area contributed by atoms with Gasteiger partial charge in [0.25, 0.3) is 11.6 Å². The predicted molar refractivity (Wildman–Crippen MR) is 75.7 cm³/mol. The molecule has 1 aliphatic rings. The largest absolute Gasteiger partial charge is 0.378 e. The Morgan fingerprint density at radius 2 is 2.25 bits per heavy atom. The number of nitrogens with two attached hydrogens (primary N) is 1. The molecule has 1 aromatic rings. The van der Waals surface area contributed by atoms with E-state index in [2.05, 4.69) is 10.6 Å². The summed E-state index contributed by atoms with van der Waals surface area (Å²) >= 11 is 0. The zero-order chi connectivity index (χ0) is 14.7. The Morgan fingerprint density at radius 1 is 1.55 bits per heavy atom. The molecule has 1 aromatic carbocycles. The van der Waals surface area contributed by atoms with Crippen LogP contribution in [-0.2, 0) is 0 Å². The van der Waals surface area contributed by atoms with Gasteiger partial charge < -0.3 is 16.4 Å². The first-order valence-corrected chi connectivity index (χ1v) is 6.53. The lowest BCUT2D eigenvalue weighted by Gasteiger charge is -2.13. The van der Waals surface area contributed by atoms with Crippen LogP contribution in [0.4, 0.5) is 11.4 Å². The third kappa shape index (κ3) is 3.24. The second kappa shape index (κ2) is 5.87. The van der Waals surface area contributed by atoms with E-state index in [4.69, 9.17) is 5.73 Å². The van der Waals surface area contributed by atoms with Crippen molar-refractivity contribution in [1.82, 2.24) is 5.32 Å². The minimum absolute atomic E-state index is 0.0155. The molecule has 0 bridgehead atoms. The van der Waals surface area contributed by atoms with E-state index in [1.165, 1.54) is 25.2 Å². The monoisotopic (exact) mass is 278 g/mol. The molecule has 2 rings (SSSR count). The van der Waals surface area contributed by atoms with Gasteiger partial charge in [0.2, 0.25) is 0 Å². The number of hydrogen-bond acceptors (Lipinski definition) is 5. The predicted octanol–water partition coefficient (Wildman–Crippen LogP) is 1.10. The van der Waals surface area contributed by atoms with Crippen molar-refractivity contribution in [3.8, 4) is 0 Å². The third-order valence-corrected chi connectivity index (χ3v) is 3.44. The molecule has 7 heteroatoms. The first-order chi connectivity index (χ1) is 9.52. The molecule has 1 fully saturated rings. The van der Waals surface area contributed by atoms with Crippen LogP contribution in [0.3, 0.4) is 0 Å². The van der Waals surface area contributed by atoms with Crippen molar-refractivity contribution in [2.45, 2.75) is 18.9 Å². The van der Waals surface area contributed by atoms with Gasteiger partial charge in [-0.15, -0.1) is 0 Å². The Kier molecular flexibility index (Phi) is 4.19. The van der Waals surface area contributed by atoms with Crippen LogP contribution >= 0.6 is 0 Å². The van der Waals surface area contributed by atoms with Gasteiger partial charge in [-0.1, -0.05) is 0 Å². The van der Waals surface area contributed by atoms with Gasteiger partial charge in [-0.2, -0.15) is 0 Å². The maximum atomic E-state index is 11.6. The highest BCUT2D eigenvalue weighted by atomic mass is 16.6. The number of nitro groups is 1. The number of hydrogen-bond donors (Lipinski definition) is 3. The molecular weight excluding hydrogens is 260 g/mol. The van der Waals surface area contributed by atoms with Crippen molar-refractivity contribution in [2.75, 3.05) is 18.9 Å². The number of benzene rings is 1. The zero-order valence-electron chi connectivity index (χ0n) is 11.3. The number of amides is 1. The zero-order valence-corrected chi connectivity index (χ0v) is 11.3. The Hall–Kier alpha value is -2.15. The summed E-state index contributed by atoms with van der Waals surface area (Å²) in [5, 5.41) is 16.5. The quantitative estimate of drug-likeness (QED) is 0.533. The maximum Gasteiger partial charge on any atom is 0.292 e. The molecule has 1 saturated carbocycles. The molecule has 20 heavy (non-hydrogen) atoms. The van der Waals surface area contributed by atoms with E-state index in [9.17, 15) is 14.9 Å². The summed E-state index contributed by atoms with van der Waals surface area (Å²) in [5.41, 5.74) is 6.61. The molecule has 0 spiro atoms. The second-order valence-electron chi connectivity index (χ2n) is 4.95. The lowest BCUT2D eigenvalue weighted by molar-refractivity contribution is -0.384. The summed E-state index contributed by atoms with van der Waals surface area (Å²) < 4.78 is 0. The van der Waals surface area contributed by atoms with Gasteiger partial charge in [0, 0.05) is 31.3 Å². The van der Waals surface area contributed by atoms with Crippen LogP contribution in [0, 0.1) is 16.0 Å². The Labute approximate surface area is 116 Å². The van der Waals surface area contributed by atoms with Crippen LogP contribution in [0.1, 0.15) is 23.2 Å². The molecule has 0 aliphatic heterocycles. The van der Waals surface area contributed by atoms with Gasteiger partial charge in [-0.25, -0.2) is 0 Å². The topological polar surface area (TPSA) is 110 Å². The van der Waals surface area contributed by atoms with Crippen molar-refractivity contribution >= 4 is 17.3 Å². The van der Waals surface area contributed by atoms with E-state index in [1.54, 1.807) is 0 Å². The van der Waals surface area contributed by atoms with Gasteiger partial charge >= 0.3 is 0 Å². The van der Waals surface area contributed by atoms with E-state index >= 15 is 0 Å². The van der Waals surface area contributed by atoms with E-state index < -0.39 is 4.92 Å². The standard InChI is InChI=1S/C13H18N4O3/c1-15-13(18)9-4-5-12(17(19)20)11(6-9)16-7-10(14)8-2-3-8/h4-6,8,10,16H,2-3,7,14H2,1H3,(H,15,18). The first kappa shape index (κ1) is 14.3. The Morgan fingerprint density at radius 3 is 2.80 bits per heavy atom. The van der Waals surface area contributed by atoms with Crippen molar-refractivity contribution < 1.29 is 9.72 Å². The summed E-state index contributed by atoms with van der Waals surface area (Å²) in [5.74, 6) is 0.220. The van der Waals surface area contributed by atoms with Gasteiger partial charge in [-0.05, 0) is 30.9 Å². The number of carbonyl (C=O) groups excluding carboxylic acids is 1. The van der Waals surface area contributed by atoms with E-state index in [0.717, 1.165) is 12.8 Å². The number of carbonyl (C=O) groups is 1. The normalized spacial score (nSPS) is 15.5. The SMILES string of the molecule is CNC(=O)c1ccc([N+](=O)[O-])c(NCC(N)C2CC2)c1.